The Morgan fingerprint density at radius 3 is 1.09 bits per heavy atom. The third-order valence-electron chi connectivity index (χ3n) is 4.41. The van der Waals surface area contributed by atoms with Crippen molar-refractivity contribution < 1.29 is 32.7 Å². The van der Waals surface area contributed by atoms with E-state index in [2.05, 4.69) is 60.7 Å². The number of hydrogen-bond acceptors (Lipinski definition) is 0. The van der Waals surface area contributed by atoms with E-state index in [-0.39, 0.29) is 32.7 Å². The Bertz CT molecular complexity index is 879. The van der Waals surface area contributed by atoms with Gasteiger partial charge in [0.1, 0.15) is 0 Å². The molecule has 0 aromatic heterocycles. The minimum absolute atomic E-state index is 0. The quantitative estimate of drug-likeness (QED) is 0.190. The van der Waals surface area contributed by atoms with Gasteiger partial charge in [-0.2, -0.15) is 48.5 Å². The second kappa shape index (κ2) is 22.8. The monoisotopic (exact) mass is 527 g/mol. The fourth-order valence-electron chi connectivity index (χ4n) is 3.20. The zero-order chi connectivity index (χ0) is 24.9. The summed E-state index contributed by atoms with van der Waals surface area (Å²) < 4.78 is 0. The second-order valence-electron chi connectivity index (χ2n) is 6.04. The third kappa shape index (κ3) is 10.9. The molecule has 0 saturated heterocycles. The number of rotatable bonds is 1. The molecule has 0 aliphatic heterocycles. The average molecular weight is 528 g/mol. The molecule has 0 fully saturated rings. The minimum atomic E-state index is 0. The van der Waals surface area contributed by atoms with Crippen LogP contribution in [-0.2, 0) is 39.1 Å². The predicted molar refractivity (Wildman–Crippen MR) is 150 cm³/mol. The summed E-state index contributed by atoms with van der Waals surface area (Å²) >= 11 is 0. The Morgan fingerprint density at radius 2 is 0.765 bits per heavy atom. The van der Waals surface area contributed by atoms with E-state index in [1.165, 1.54) is 22.3 Å². The summed E-state index contributed by atoms with van der Waals surface area (Å²) in [4.78, 5) is 0. The Hall–Kier alpha value is -2.02. The van der Waals surface area contributed by atoms with E-state index in [0.717, 1.165) is 17.5 Å². The van der Waals surface area contributed by atoms with Gasteiger partial charge >= 0.3 is 0 Å². The maximum Gasteiger partial charge on any atom is 0 e. The van der Waals surface area contributed by atoms with Crippen LogP contribution in [0.1, 0.15) is 66.5 Å². The van der Waals surface area contributed by atoms with Crippen molar-refractivity contribution in [3.8, 4) is 22.3 Å². The van der Waals surface area contributed by atoms with Gasteiger partial charge in [-0.1, -0.05) is 104 Å². The molecule has 0 bridgehead atoms. The summed E-state index contributed by atoms with van der Waals surface area (Å²) in [6, 6.07) is 39.5. The fraction of sp³-hybridized carbons (Fsp3) is 0.273. The summed E-state index contributed by atoms with van der Waals surface area (Å²) in [7, 11) is 0. The molecule has 4 aromatic carbocycles. The normalized spacial score (nSPS) is 8.82. The van der Waals surface area contributed by atoms with Crippen molar-refractivity contribution in [3.05, 3.63) is 120 Å². The first kappa shape index (κ1) is 34.2. The summed E-state index contributed by atoms with van der Waals surface area (Å²) in [6.07, 6.45) is 1.10. The topological polar surface area (TPSA) is 0 Å². The van der Waals surface area contributed by atoms with Crippen LogP contribution < -0.4 is 0 Å². The van der Waals surface area contributed by atoms with Crippen LogP contribution in [0.4, 0.5) is 0 Å². The molecule has 0 N–H and O–H groups in total. The maximum atomic E-state index is 3.15. The van der Waals surface area contributed by atoms with Crippen LogP contribution in [0.25, 0.3) is 22.3 Å². The summed E-state index contributed by atoms with van der Waals surface area (Å²) in [5, 5.41) is 0. The van der Waals surface area contributed by atoms with Crippen molar-refractivity contribution >= 4 is 0 Å². The standard InChI is InChI=1S/C13H10.C12H8.4C2H6.Y/c1-3-7-12-10(5-1)9-11-6-2-4-8-13(11)12;1-3-7-11(8-4-1)12-9-5-2-6-10-12;4*1-2;/h1-8H,9H2;1-7,9H;4*1-2H3;/q;-2;;;;;. The largest absolute Gasteiger partial charge is 0.226 e. The first-order chi connectivity index (χ1) is 16.4. The van der Waals surface area contributed by atoms with E-state index in [4.69, 9.17) is 0 Å². The molecule has 1 aliphatic carbocycles. The van der Waals surface area contributed by atoms with E-state index in [9.17, 15) is 0 Å². The SMILES string of the molecule is CC.CC.CC.CC.[Y].[c-]1ccccc1-c1[c-]cccc1.c1ccc2c(c1)Cc1ccccc1-2. The van der Waals surface area contributed by atoms with Crippen LogP contribution in [0.3, 0.4) is 0 Å². The zero-order valence-corrected chi connectivity index (χ0v) is 25.4. The van der Waals surface area contributed by atoms with E-state index < -0.39 is 0 Å². The van der Waals surface area contributed by atoms with Crippen LogP contribution in [0.2, 0.25) is 0 Å². The van der Waals surface area contributed by atoms with Crippen molar-refractivity contribution in [2.45, 2.75) is 61.8 Å². The summed E-state index contributed by atoms with van der Waals surface area (Å²) in [6.45, 7) is 16.0. The van der Waals surface area contributed by atoms with Crippen LogP contribution in [0.15, 0.2) is 97.1 Å². The molecule has 34 heavy (non-hydrogen) atoms. The van der Waals surface area contributed by atoms with Crippen molar-refractivity contribution in [3.63, 3.8) is 0 Å². The predicted octanol–water partition coefficient (Wildman–Crippen LogP) is 10.3. The van der Waals surface area contributed by atoms with Gasteiger partial charge in [0.15, 0.2) is 0 Å². The van der Waals surface area contributed by atoms with Gasteiger partial charge < -0.3 is 0 Å². The van der Waals surface area contributed by atoms with Gasteiger partial charge in [0.05, 0.1) is 0 Å². The van der Waals surface area contributed by atoms with Gasteiger partial charge in [0, 0.05) is 32.7 Å². The van der Waals surface area contributed by atoms with Gasteiger partial charge in [-0.15, -0.1) is 12.1 Å². The Labute approximate surface area is 235 Å². The molecule has 0 heterocycles. The first-order valence-corrected chi connectivity index (χ1v) is 12.5. The molecule has 0 nitrogen and oxygen atoms in total. The molecule has 0 saturated carbocycles. The number of hydrogen-bond donors (Lipinski definition) is 0. The third-order valence-corrected chi connectivity index (χ3v) is 4.41. The molecule has 5 rings (SSSR count). The molecule has 0 spiro atoms. The van der Waals surface area contributed by atoms with Gasteiger partial charge in [-0.3, -0.25) is 0 Å². The molecule has 0 unspecified atom stereocenters. The molecular formula is C33H42Y-2. The molecule has 0 atom stereocenters. The van der Waals surface area contributed by atoms with Crippen LogP contribution in [0.5, 0.6) is 0 Å². The van der Waals surface area contributed by atoms with Gasteiger partial charge in [-0.25, -0.2) is 11.1 Å². The van der Waals surface area contributed by atoms with Crippen molar-refractivity contribution in [1.82, 2.24) is 0 Å². The smallest absolute Gasteiger partial charge is 0 e. The first-order valence-electron chi connectivity index (χ1n) is 12.5. The molecule has 179 valence electrons. The van der Waals surface area contributed by atoms with Gasteiger partial charge in [0.2, 0.25) is 0 Å². The van der Waals surface area contributed by atoms with Crippen LogP contribution in [-0.4, -0.2) is 0 Å². The van der Waals surface area contributed by atoms with E-state index in [0.29, 0.717) is 0 Å². The van der Waals surface area contributed by atoms with E-state index >= 15 is 0 Å². The van der Waals surface area contributed by atoms with Crippen molar-refractivity contribution in [1.29, 1.82) is 0 Å². The van der Waals surface area contributed by atoms with Crippen LogP contribution >= 0.6 is 0 Å². The molecule has 0 amide bonds. The Morgan fingerprint density at radius 1 is 0.441 bits per heavy atom. The van der Waals surface area contributed by atoms with Gasteiger partial charge in [-0.05, 0) is 28.7 Å². The Balaban J connectivity index is 0. The second-order valence-corrected chi connectivity index (χ2v) is 6.04. The summed E-state index contributed by atoms with van der Waals surface area (Å²) in [5.74, 6) is 0. The molecule has 4 aromatic rings. The molecular weight excluding hydrogens is 485 g/mol. The zero-order valence-electron chi connectivity index (χ0n) is 22.5. The molecule has 1 aliphatic rings. The number of benzene rings is 4. The molecule has 1 heteroatoms. The van der Waals surface area contributed by atoms with Gasteiger partial charge in [0.25, 0.3) is 0 Å². The molecule has 1 radical (unpaired) electrons. The Kier molecular flexibility index (Phi) is 22.9. The number of fused-ring (bicyclic) bond motifs is 3. The minimum Gasteiger partial charge on any atom is -0.226 e. The van der Waals surface area contributed by atoms with Crippen molar-refractivity contribution in [2.24, 2.45) is 0 Å². The summed E-state index contributed by atoms with van der Waals surface area (Å²) in [5.41, 5.74) is 7.94. The van der Waals surface area contributed by atoms with E-state index in [1.54, 1.807) is 0 Å². The average Bonchev–Trinajstić information content (AvgIpc) is 3.33. The van der Waals surface area contributed by atoms with E-state index in [1.807, 2.05) is 104 Å². The fourth-order valence-corrected chi connectivity index (χ4v) is 3.20. The van der Waals surface area contributed by atoms with Crippen molar-refractivity contribution in [2.75, 3.05) is 0 Å². The maximum absolute atomic E-state index is 3.15. The van der Waals surface area contributed by atoms with Crippen LogP contribution in [0, 0.1) is 12.1 Å².